The molecule has 0 unspecified atom stereocenters. The van der Waals surface area contributed by atoms with Gasteiger partial charge in [0.1, 0.15) is 11.5 Å². The zero-order valence-electron chi connectivity index (χ0n) is 14.0. The summed E-state index contributed by atoms with van der Waals surface area (Å²) >= 11 is 5.95. The molecule has 0 atom stereocenters. The third-order valence-electron chi connectivity index (χ3n) is 3.17. The van der Waals surface area contributed by atoms with Gasteiger partial charge in [-0.2, -0.15) is 0 Å². The molecule has 0 saturated carbocycles. The molecule has 0 aliphatic carbocycles. The molecule has 3 N–H and O–H groups in total. The van der Waals surface area contributed by atoms with Gasteiger partial charge in [-0.25, -0.2) is 4.99 Å². The molecule has 0 fully saturated rings. The van der Waals surface area contributed by atoms with Gasteiger partial charge < -0.3 is 20.5 Å². The van der Waals surface area contributed by atoms with E-state index in [1.807, 2.05) is 44.2 Å². The van der Waals surface area contributed by atoms with Gasteiger partial charge in [0.2, 0.25) is 0 Å². The highest BCUT2D eigenvalue weighted by Gasteiger charge is 2.04. The molecule has 0 bridgehead atoms. The minimum atomic E-state index is 0.143. The second-order valence-corrected chi connectivity index (χ2v) is 5.91. The topological polar surface area (TPSA) is 68.9 Å². The fourth-order valence-corrected chi connectivity index (χ4v) is 2.26. The van der Waals surface area contributed by atoms with E-state index >= 15 is 0 Å². The molecule has 2 aromatic rings. The smallest absolute Gasteiger partial charge is 0.193 e. The molecular formula is C18H22ClN3O2. The lowest BCUT2D eigenvalue weighted by Crippen LogP contribution is -2.22. The molecule has 0 saturated heterocycles. The van der Waals surface area contributed by atoms with Crippen LogP contribution in [0.5, 0.6) is 11.5 Å². The number of halogens is 1. The molecule has 0 spiro atoms. The summed E-state index contributed by atoms with van der Waals surface area (Å²) in [4.78, 5) is 4.33. The Balaban J connectivity index is 1.99. The fourth-order valence-electron chi connectivity index (χ4n) is 2.10. The van der Waals surface area contributed by atoms with Crippen LogP contribution in [0.4, 0.5) is 5.69 Å². The van der Waals surface area contributed by atoms with Crippen molar-refractivity contribution in [3.8, 4) is 11.5 Å². The second-order valence-electron chi connectivity index (χ2n) is 5.47. The van der Waals surface area contributed by atoms with E-state index in [4.69, 9.17) is 26.8 Å². The summed E-state index contributed by atoms with van der Waals surface area (Å²) < 4.78 is 10.9. The minimum absolute atomic E-state index is 0.143. The number of hydrogen-bond acceptors (Lipinski definition) is 3. The maximum Gasteiger partial charge on any atom is 0.193 e. The predicted molar refractivity (Wildman–Crippen MR) is 99.2 cm³/mol. The van der Waals surface area contributed by atoms with Crippen molar-refractivity contribution in [1.29, 1.82) is 0 Å². The van der Waals surface area contributed by atoms with Gasteiger partial charge in [-0.15, -0.1) is 0 Å². The van der Waals surface area contributed by atoms with Crippen LogP contribution in [0.3, 0.4) is 0 Å². The minimum Gasteiger partial charge on any atom is -0.496 e. The first-order valence-corrected chi connectivity index (χ1v) is 8.02. The Morgan fingerprint density at radius 3 is 2.54 bits per heavy atom. The lowest BCUT2D eigenvalue weighted by atomic mass is 10.2. The molecule has 0 amide bonds. The average molecular weight is 348 g/mol. The zero-order chi connectivity index (χ0) is 17.5. The van der Waals surface area contributed by atoms with Crippen LogP contribution in [0.15, 0.2) is 47.5 Å². The first-order valence-electron chi connectivity index (χ1n) is 7.64. The SMILES string of the molecule is COc1cc(Cl)ccc1CN=C(N)Nc1ccc(OC(C)C)cc1. The number of methoxy groups -OCH3 is 1. The second kappa shape index (κ2) is 8.45. The van der Waals surface area contributed by atoms with Gasteiger partial charge in [0.25, 0.3) is 0 Å². The van der Waals surface area contributed by atoms with E-state index in [9.17, 15) is 0 Å². The van der Waals surface area contributed by atoms with Crippen LogP contribution in [0.1, 0.15) is 19.4 Å². The highest BCUT2D eigenvalue weighted by molar-refractivity contribution is 6.30. The quantitative estimate of drug-likeness (QED) is 0.610. The summed E-state index contributed by atoms with van der Waals surface area (Å²) in [6, 6.07) is 13.0. The van der Waals surface area contributed by atoms with Crippen molar-refractivity contribution in [2.45, 2.75) is 26.5 Å². The maximum absolute atomic E-state index is 5.95. The van der Waals surface area contributed by atoms with Gasteiger partial charge in [-0.3, -0.25) is 0 Å². The average Bonchev–Trinajstić information content (AvgIpc) is 2.55. The monoisotopic (exact) mass is 347 g/mol. The first kappa shape index (κ1) is 17.9. The van der Waals surface area contributed by atoms with Crippen molar-refractivity contribution in [1.82, 2.24) is 0 Å². The van der Waals surface area contributed by atoms with Crippen LogP contribution < -0.4 is 20.5 Å². The van der Waals surface area contributed by atoms with E-state index in [-0.39, 0.29) is 6.10 Å². The van der Waals surface area contributed by atoms with Crippen LogP contribution in [0.2, 0.25) is 5.02 Å². The van der Waals surface area contributed by atoms with Gasteiger partial charge in [-0.05, 0) is 50.2 Å². The number of benzene rings is 2. The third kappa shape index (κ3) is 5.35. The first-order chi connectivity index (χ1) is 11.5. The van der Waals surface area contributed by atoms with E-state index in [2.05, 4.69) is 10.3 Å². The fraction of sp³-hybridized carbons (Fsp3) is 0.278. The van der Waals surface area contributed by atoms with Crippen molar-refractivity contribution in [3.63, 3.8) is 0 Å². The number of nitrogens with one attached hydrogen (secondary N) is 1. The largest absolute Gasteiger partial charge is 0.496 e. The summed E-state index contributed by atoms with van der Waals surface area (Å²) in [5.74, 6) is 1.83. The highest BCUT2D eigenvalue weighted by atomic mass is 35.5. The van der Waals surface area contributed by atoms with Crippen molar-refractivity contribution >= 4 is 23.2 Å². The Hall–Kier alpha value is -2.40. The Labute approximate surface area is 147 Å². The van der Waals surface area contributed by atoms with E-state index < -0.39 is 0 Å². The number of guanidine groups is 1. The molecule has 2 rings (SSSR count). The molecule has 0 radical (unpaired) electrons. The normalized spacial score (nSPS) is 11.5. The number of ether oxygens (including phenoxy) is 2. The number of anilines is 1. The summed E-state index contributed by atoms with van der Waals surface area (Å²) in [7, 11) is 1.60. The number of hydrogen-bond donors (Lipinski definition) is 2. The third-order valence-corrected chi connectivity index (χ3v) is 3.40. The van der Waals surface area contributed by atoms with Crippen molar-refractivity contribution in [3.05, 3.63) is 53.1 Å². The molecule has 2 aromatic carbocycles. The van der Waals surface area contributed by atoms with Crippen LogP contribution in [-0.2, 0) is 6.54 Å². The summed E-state index contributed by atoms with van der Waals surface area (Å²) in [6.07, 6.45) is 0.143. The molecule has 0 aliphatic rings. The summed E-state index contributed by atoms with van der Waals surface area (Å²) in [6.45, 7) is 4.37. The standard InChI is InChI=1S/C18H22ClN3O2/c1-12(2)24-16-8-6-15(7-9-16)22-18(20)21-11-13-4-5-14(19)10-17(13)23-3/h4-10,12H,11H2,1-3H3,(H3,20,21,22). The highest BCUT2D eigenvalue weighted by Crippen LogP contribution is 2.23. The Morgan fingerprint density at radius 2 is 1.92 bits per heavy atom. The lowest BCUT2D eigenvalue weighted by molar-refractivity contribution is 0.242. The zero-order valence-corrected chi connectivity index (χ0v) is 14.8. The molecule has 0 heterocycles. The van der Waals surface area contributed by atoms with E-state index in [1.54, 1.807) is 19.2 Å². The van der Waals surface area contributed by atoms with Gasteiger partial charge in [0.05, 0.1) is 19.8 Å². The molecule has 0 aromatic heterocycles. The van der Waals surface area contributed by atoms with Crippen molar-refractivity contribution in [2.24, 2.45) is 10.7 Å². The van der Waals surface area contributed by atoms with Gasteiger partial charge >= 0.3 is 0 Å². The van der Waals surface area contributed by atoms with E-state index in [0.717, 1.165) is 17.0 Å². The number of nitrogens with two attached hydrogens (primary N) is 1. The molecule has 0 aliphatic heterocycles. The van der Waals surface area contributed by atoms with Crippen LogP contribution in [0.25, 0.3) is 0 Å². The Bertz CT molecular complexity index is 700. The molecule has 6 heteroatoms. The molecule has 24 heavy (non-hydrogen) atoms. The van der Waals surface area contributed by atoms with Crippen molar-refractivity contribution in [2.75, 3.05) is 12.4 Å². The number of nitrogens with zero attached hydrogens (tertiary/aromatic N) is 1. The number of aliphatic imine (C=N–C) groups is 1. The number of rotatable bonds is 6. The molecular weight excluding hydrogens is 326 g/mol. The van der Waals surface area contributed by atoms with Crippen molar-refractivity contribution < 1.29 is 9.47 Å². The van der Waals surface area contributed by atoms with Gasteiger partial charge in [0, 0.05) is 16.3 Å². The molecule has 5 nitrogen and oxygen atoms in total. The summed E-state index contributed by atoms with van der Waals surface area (Å²) in [5, 5.41) is 3.67. The predicted octanol–water partition coefficient (Wildman–Crippen LogP) is 4.06. The Morgan fingerprint density at radius 1 is 1.21 bits per heavy atom. The van der Waals surface area contributed by atoms with Crippen LogP contribution in [-0.4, -0.2) is 19.2 Å². The van der Waals surface area contributed by atoms with Crippen LogP contribution in [0, 0.1) is 0 Å². The molecule has 128 valence electrons. The summed E-state index contributed by atoms with van der Waals surface area (Å²) in [5.41, 5.74) is 7.69. The Kier molecular flexibility index (Phi) is 6.32. The van der Waals surface area contributed by atoms with Crippen LogP contribution >= 0.6 is 11.6 Å². The lowest BCUT2D eigenvalue weighted by Gasteiger charge is -2.11. The van der Waals surface area contributed by atoms with Gasteiger partial charge in [0.15, 0.2) is 5.96 Å². The van der Waals surface area contributed by atoms with Gasteiger partial charge in [-0.1, -0.05) is 17.7 Å². The maximum atomic E-state index is 5.95. The van der Waals surface area contributed by atoms with E-state index in [1.165, 1.54) is 0 Å². The van der Waals surface area contributed by atoms with E-state index in [0.29, 0.717) is 23.3 Å².